The molecule has 19 heavy (non-hydrogen) atoms. The number of amides is 1. The number of carbonyl (C=O) groups is 1. The zero-order chi connectivity index (χ0) is 13.7. The van der Waals surface area contributed by atoms with Crippen molar-refractivity contribution in [3.63, 3.8) is 0 Å². The summed E-state index contributed by atoms with van der Waals surface area (Å²) in [5.74, 6) is -0.387. The van der Waals surface area contributed by atoms with Crippen LogP contribution in [0.3, 0.4) is 0 Å². The van der Waals surface area contributed by atoms with Gasteiger partial charge in [-0.15, -0.1) is 11.3 Å². The van der Waals surface area contributed by atoms with E-state index in [0.717, 1.165) is 11.3 Å². The molecule has 3 nitrogen and oxygen atoms in total. The van der Waals surface area contributed by atoms with Crippen LogP contribution in [-0.2, 0) is 4.79 Å². The molecular formula is C14H13FN2OS. The number of halogens is 1. The van der Waals surface area contributed by atoms with Gasteiger partial charge in [0.1, 0.15) is 5.82 Å². The summed E-state index contributed by atoms with van der Waals surface area (Å²) in [5, 5.41) is 5.20. The van der Waals surface area contributed by atoms with Crippen LogP contribution in [0.1, 0.15) is 17.7 Å². The minimum atomic E-state index is -0.269. The van der Waals surface area contributed by atoms with Gasteiger partial charge < -0.3 is 5.32 Å². The van der Waals surface area contributed by atoms with Crippen molar-refractivity contribution in [2.24, 2.45) is 0 Å². The van der Waals surface area contributed by atoms with E-state index in [1.165, 1.54) is 23.5 Å². The fraction of sp³-hybridized carbons (Fsp3) is 0.143. The van der Waals surface area contributed by atoms with Crippen molar-refractivity contribution in [3.05, 3.63) is 52.8 Å². The largest absolute Gasteiger partial charge is 0.302 e. The van der Waals surface area contributed by atoms with Gasteiger partial charge >= 0.3 is 0 Å². The number of nitrogens with zero attached hydrogens (tertiary/aromatic N) is 1. The van der Waals surface area contributed by atoms with E-state index in [0.29, 0.717) is 5.13 Å². The molecule has 0 unspecified atom stereocenters. The van der Waals surface area contributed by atoms with Crippen molar-refractivity contribution in [1.29, 1.82) is 0 Å². The molecule has 1 aromatic carbocycles. The SMILES string of the molecule is Cc1csc(NC(=O)C/C=C\c2ccc(F)cc2)n1. The summed E-state index contributed by atoms with van der Waals surface area (Å²) in [6, 6.07) is 6.10. The summed E-state index contributed by atoms with van der Waals surface area (Å²) in [4.78, 5) is 15.8. The molecule has 0 spiro atoms. The highest BCUT2D eigenvalue weighted by Gasteiger charge is 2.02. The lowest BCUT2D eigenvalue weighted by molar-refractivity contribution is -0.115. The summed E-state index contributed by atoms with van der Waals surface area (Å²) in [5.41, 5.74) is 1.75. The zero-order valence-electron chi connectivity index (χ0n) is 10.4. The molecule has 1 amide bonds. The number of anilines is 1. The molecule has 0 aliphatic carbocycles. The minimum absolute atomic E-state index is 0.118. The normalized spacial score (nSPS) is 10.8. The molecule has 0 saturated carbocycles. The Labute approximate surface area is 114 Å². The second-order valence-electron chi connectivity index (χ2n) is 4.00. The number of rotatable bonds is 4. The predicted molar refractivity (Wildman–Crippen MR) is 75.5 cm³/mol. The van der Waals surface area contributed by atoms with Crippen molar-refractivity contribution in [2.75, 3.05) is 5.32 Å². The predicted octanol–water partition coefficient (Wildman–Crippen LogP) is 3.63. The van der Waals surface area contributed by atoms with Gasteiger partial charge in [0.15, 0.2) is 5.13 Å². The topological polar surface area (TPSA) is 42.0 Å². The van der Waals surface area contributed by atoms with Gasteiger partial charge in [0.05, 0.1) is 5.69 Å². The molecule has 0 bridgehead atoms. The molecule has 1 N–H and O–H groups in total. The van der Waals surface area contributed by atoms with Crippen LogP contribution in [0.2, 0.25) is 0 Å². The Hall–Kier alpha value is -2.01. The second kappa shape index (κ2) is 6.24. The first kappa shape index (κ1) is 13.4. The van der Waals surface area contributed by atoms with E-state index in [9.17, 15) is 9.18 Å². The van der Waals surface area contributed by atoms with Crippen molar-refractivity contribution in [1.82, 2.24) is 4.98 Å². The van der Waals surface area contributed by atoms with Crippen LogP contribution < -0.4 is 5.32 Å². The summed E-state index contributed by atoms with van der Waals surface area (Å²) < 4.78 is 12.7. The first-order chi connectivity index (χ1) is 9.13. The molecule has 0 fully saturated rings. The van der Waals surface area contributed by atoms with Gasteiger partial charge in [-0.25, -0.2) is 9.37 Å². The van der Waals surface area contributed by atoms with Crippen LogP contribution in [-0.4, -0.2) is 10.9 Å². The summed E-state index contributed by atoms with van der Waals surface area (Å²) in [6.45, 7) is 1.88. The molecule has 2 rings (SSSR count). The molecule has 5 heteroatoms. The third-order valence-corrected chi connectivity index (χ3v) is 3.22. The Morgan fingerprint density at radius 2 is 2.16 bits per heavy atom. The van der Waals surface area contributed by atoms with Crippen molar-refractivity contribution >= 4 is 28.5 Å². The van der Waals surface area contributed by atoms with Crippen molar-refractivity contribution in [3.8, 4) is 0 Å². The molecular weight excluding hydrogens is 263 g/mol. The number of carbonyl (C=O) groups excluding carboxylic acids is 1. The Morgan fingerprint density at radius 1 is 1.42 bits per heavy atom. The molecule has 1 aromatic heterocycles. The molecule has 0 radical (unpaired) electrons. The average molecular weight is 276 g/mol. The van der Waals surface area contributed by atoms with Crippen LogP contribution >= 0.6 is 11.3 Å². The molecule has 0 aliphatic heterocycles. The number of nitrogens with one attached hydrogen (secondary N) is 1. The van der Waals surface area contributed by atoms with E-state index in [4.69, 9.17) is 0 Å². The third-order valence-electron chi connectivity index (χ3n) is 2.35. The van der Waals surface area contributed by atoms with Gasteiger partial charge in [0.2, 0.25) is 5.91 Å². The van der Waals surface area contributed by atoms with E-state index >= 15 is 0 Å². The smallest absolute Gasteiger partial charge is 0.229 e. The minimum Gasteiger partial charge on any atom is -0.302 e. The summed E-state index contributed by atoms with van der Waals surface area (Å²) in [6.07, 6.45) is 3.78. The van der Waals surface area contributed by atoms with Crippen LogP contribution in [0, 0.1) is 12.7 Å². The standard InChI is InChI=1S/C14H13FN2OS/c1-10-9-19-14(16-10)17-13(18)4-2-3-11-5-7-12(15)8-6-11/h2-3,5-9H,4H2,1H3,(H,16,17,18)/b3-2-. The molecule has 0 aliphatic rings. The number of benzene rings is 1. The van der Waals surface area contributed by atoms with E-state index < -0.39 is 0 Å². The lowest BCUT2D eigenvalue weighted by Gasteiger charge is -1.97. The van der Waals surface area contributed by atoms with E-state index in [1.54, 1.807) is 24.3 Å². The molecule has 1 heterocycles. The summed E-state index contributed by atoms with van der Waals surface area (Å²) in [7, 11) is 0. The monoisotopic (exact) mass is 276 g/mol. The molecule has 98 valence electrons. The molecule has 2 aromatic rings. The quantitative estimate of drug-likeness (QED) is 0.926. The Bertz CT molecular complexity index is 590. The van der Waals surface area contributed by atoms with Gasteiger partial charge in [-0.3, -0.25) is 4.79 Å². The lowest BCUT2D eigenvalue weighted by Crippen LogP contribution is -2.09. The van der Waals surface area contributed by atoms with Gasteiger partial charge in [-0.1, -0.05) is 24.3 Å². The maximum atomic E-state index is 12.7. The molecule has 0 atom stereocenters. The highest BCUT2D eigenvalue weighted by Crippen LogP contribution is 2.14. The van der Waals surface area contributed by atoms with Crippen LogP contribution in [0.15, 0.2) is 35.7 Å². The number of aromatic nitrogens is 1. The highest BCUT2D eigenvalue weighted by molar-refractivity contribution is 7.13. The summed E-state index contributed by atoms with van der Waals surface area (Å²) >= 11 is 1.40. The van der Waals surface area contributed by atoms with Gasteiger partial charge in [-0.05, 0) is 24.6 Å². The van der Waals surface area contributed by atoms with Gasteiger partial charge in [0.25, 0.3) is 0 Å². The molecule has 0 saturated heterocycles. The third kappa shape index (κ3) is 4.30. The number of hydrogen-bond donors (Lipinski definition) is 1. The van der Waals surface area contributed by atoms with E-state index in [-0.39, 0.29) is 18.1 Å². The maximum Gasteiger partial charge on any atom is 0.229 e. The second-order valence-corrected chi connectivity index (χ2v) is 4.86. The van der Waals surface area contributed by atoms with Crippen LogP contribution in [0.5, 0.6) is 0 Å². The fourth-order valence-corrected chi connectivity index (χ4v) is 2.16. The van der Waals surface area contributed by atoms with E-state index in [1.807, 2.05) is 12.3 Å². The lowest BCUT2D eigenvalue weighted by atomic mass is 10.2. The number of hydrogen-bond acceptors (Lipinski definition) is 3. The van der Waals surface area contributed by atoms with E-state index in [2.05, 4.69) is 10.3 Å². The Kier molecular flexibility index (Phi) is 4.41. The number of thiazole rings is 1. The van der Waals surface area contributed by atoms with Gasteiger partial charge in [0, 0.05) is 11.8 Å². The van der Waals surface area contributed by atoms with Crippen molar-refractivity contribution in [2.45, 2.75) is 13.3 Å². The fourth-order valence-electron chi connectivity index (χ4n) is 1.46. The first-order valence-electron chi connectivity index (χ1n) is 5.77. The average Bonchev–Trinajstić information content (AvgIpc) is 2.77. The number of aryl methyl sites for hydroxylation is 1. The Balaban J connectivity index is 1.84. The van der Waals surface area contributed by atoms with Crippen molar-refractivity contribution < 1.29 is 9.18 Å². The zero-order valence-corrected chi connectivity index (χ0v) is 11.2. The first-order valence-corrected chi connectivity index (χ1v) is 6.65. The van der Waals surface area contributed by atoms with Crippen LogP contribution in [0.4, 0.5) is 9.52 Å². The maximum absolute atomic E-state index is 12.7. The highest BCUT2D eigenvalue weighted by atomic mass is 32.1. The Morgan fingerprint density at radius 3 is 2.79 bits per heavy atom. The van der Waals surface area contributed by atoms with Gasteiger partial charge in [-0.2, -0.15) is 0 Å². The van der Waals surface area contributed by atoms with Crippen LogP contribution in [0.25, 0.3) is 6.08 Å².